The van der Waals surface area contributed by atoms with Gasteiger partial charge in [0.1, 0.15) is 0 Å². The third-order valence-corrected chi connectivity index (χ3v) is 3.72. The van der Waals surface area contributed by atoms with Gasteiger partial charge in [-0.25, -0.2) is 0 Å². The van der Waals surface area contributed by atoms with E-state index in [9.17, 15) is 5.11 Å². The van der Waals surface area contributed by atoms with Crippen molar-refractivity contribution in [3.8, 4) is 11.5 Å². The summed E-state index contributed by atoms with van der Waals surface area (Å²) in [6, 6.07) is 9.68. The Kier molecular flexibility index (Phi) is 5.86. The van der Waals surface area contributed by atoms with Crippen LogP contribution in [0.15, 0.2) is 47.5 Å². The molecule has 1 aromatic heterocycles. The summed E-state index contributed by atoms with van der Waals surface area (Å²) >= 11 is 0. The van der Waals surface area contributed by atoms with Crippen LogP contribution >= 0.6 is 0 Å². The van der Waals surface area contributed by atoms with E-state index in [1.807, 2.05) is 37.3 Å². The van der Waals surface area contributed by atoms with Crippen LogP contribution in [0.4, 0.5) is 0 Å². The van der Waals surface area contributed by atoms with Gasteiger partial charge >= 0.3 is 0 Å². The fraction of sp³-hybridized carbons (Fsp3) is 0.412. The van der Waals surface area contributed by atoms with E-state index in [2.05, 4.69) is 22.0 Å². The van der Waals surface area contributed by atoms with Crippen LogP contribution in [0.3, 0.4) is 0 Å². The molecule has 0 fully saturated rings. The first-order valence-corrected chi connectivity index (χ1v) is 7.59. The highest BCUT2D eigenvalue weighted by Gasteiger charge is 2.22. The maximum absolute atomic E-state index is 10.3. The second-order valence-electron chi connectivity index (χ2n) is 5.38. The second kappa shape index (κ2) is 7.87. The fourth-order valence-electron chi connectivity index (χ4n) is 2.24. The monoisotopic (exact) mass is 301 g/mol. The molecule has 5 heteroatoms. The Hall–Kier alpha value is -1.98. The molecule has 0 saturated heterocycles. The van der Waals surface area contributed by atoms with Crippen LogP contribution < -0.4 is 5.32 Å². The van der Waals surface area contributed by atoms with Crippen LogP contribution in [-0.4, -0.2) is 27.4 Å². The van der Waals surface area contributed by atoms with Gasteiger partial charge in [-0.05, 0) is 37.9 Å². The Morgan fingerprint density at radius 2 is 2.14 bits per heavy atom. The zero-order valence-electron chi connectivity index (χ0n) is 13.0. The van der Waals surface area contributed by atoms with Gasteiger partial charge in [0, 0.05) is 5.56 Å². The molecular weight excluding hydrogens is 278 g/mol. The first-order valence-electron chi connectivity index (χ1n) is 7.59. The topological polar surface area (TPSA) is 71.2 Å². The molecule has 0 amide bonds. The molecule has 22 heavy (non-hydrogen) atoms. The van der Waals surface area contributed by atoms with Crippen molar-refractivity contribution in [2.45, 2.75) is 38.3 Å². The molecule has 2 aromatic rings. The lowest BCUT2D eigenvalue weighted by atomic mass is 9.93. The lowest BCUT2D eigenvalue weighted by Crippen LogP contribution is -2.32. The van der Waals surface area contributed by atoms with Gasteiger partial charge in [0.2, 0.25) is 0 Å². The third-order valence-electron chi connectivity index (χ3n) is 3.72. The van der Waals surface area contributed by atoms with Crippen LogP contribution in [0.5, 0.6) is 0 Å². The standard InChI is InChI=1S/C17H23N3O2/c1-3-10-17(21,4-2)11-12-18-13-15-19-16(22-20-15)14-8-6-5-7-9-14/h3,5-9,18,21H,1,4,10-13H2,2H3. The summed E-state index contributed by atoms with van der Waals surface area (Å²) < 4.78 is 5.24. The minimum atomic E-state index is -0.679. The van der Waals surface area contributed by atoms with E-state index in [1.165, 1.54) is 0 Å². The van der Waals surface area contributed by atoms with Crippen molar-refractivity contribution in [1.82, 2.24) is 15.5 Å². The number of hydrogen-bond donors (Lipinski definition) is 2. The lowest BCUT2D eigenvalue weighted by Gasteiger charge is -2.25. The van der Waals surface area contributed by atoms with E-state index in [0.29, 0.717) is 44.1 Å². The molecule has 1 aromatic carbocycles. The summed E-state index contributed by atoms with van der Waals surface area (Å²) in [5.74, 6) is 1.14. The van der Waals surface area contributed by atoms with Crippen molar-refractivity contribution < 1.29 is 9.63 Å². The second-order valence-corrected chi connectivity index (χ2v) is 5.38. The van der Waals surface area contributed by atoms with Crippen molar-refractivity contribution in [3.63, 3.8) is 0 Å². The summed E-state index contributed by atoms with van der Waals surface area (Å²) in [7, 11) is 0. The molecule has 118 valence electrons. The van der Waals surface area contributed by atoms with E-state index in [-0.39, 0.29) is 0 Å². The van der Waals surface area contributed by atoms with Crippen molar-refractivity contribution in [3.05, 3.63) is 48.8 Å². The van der Waals surface area contributed by atoms with Gasteiger partial charge in [-0.3, -0.25) is 0 Å². The van der Waals surface area contributed by atoms with E-state index in [0.717, 1.165) is 5.56 Å². The summed E-state index contributed by atoms with van der Waals surface area (Å²) in [6.07, 6.45) is 3.74. The van der Waals surface area contributed by atoms with Crippen molar-refractivity contribution in [2.24, 2.45) is 0 Å². The summed E-state index contributed by atoms with van der Waals surface area (Å²) in [5, 5.41) is 17.5. The molecule has 1 heterocycles. The quantitative estimate of drug-likeness (QED) is 0.550. The Morgan fingerprint density at radius 1 is 1.36 bits per heavy atom. The molecule has 0 spiro atoms. The Labute approximate surface area is 131 Å². The molecule has 2 rings (SSSR count). The van der Waals surface area contributed by atoms with E-state index < -0.39 is 5.60 Å². The Balaban J connectivity index is 1.81. The van der Waals surface area contributed by atoms with E-state index >= 15 is 0 Å². The van der Waals surface area contributed by atoms with Crippen LogP contribution in [0, 0.1) is 0 Å². The number of aliphatic hydroxyl groups is 1. The molecule has 0 radical (unpaired) electrons. The van der Waals surface area contributed by atoms with Gasteiger partial charge in [-0.15, -0.1) is 6.58 Å². The highest BCUT2D eigenvalue weighted by atomic mass is 16.5. The highest BCUT2D eigenvalue weighted by Crippen LogP contribution is 2.19. The molecule has 5 nitrogen and oxygen atoms in total. The number of nitrogens with zero attached hydrogens (tertiary/aromatic N) is 2. The number of nitrogens with one attached hydrogen (secondary N) is 1. The molecular formula is C17H23N3O2. The molecule has 0 saturated carbocycles. The molecule has 0 bridgehead atoms. The van der Waals surface area contributed by atoms with Crippen LogP contribution in [0.2, 0.25) is 0 Å². The number of benzene rings is 1. The first kappa shape index (κ1) is 16.4. The first-order chi connectivity index (χ1) is 10.7. The summed E-state index contributed by atoms with van der Waals surface area (Å²) in [4.78, 5) is 4.35. The smallest absolute Gasteiger partial charge is 0.257 e. The predicted molar refractivity (Wildman–Crippen MR) is 86.1 cm³/mol. The van der Waals surface area contributed by atoms with Crippen molar-refractivity contribution >= 4 is 0 Å². The van der Waals surface area contributed by atoms with Crippen LogP contribution in [0.25, 0.3) is 11.5 Å². The molecule has 0 aliphatic rings. The Bertz CT molecular complexity index is 583. The SMILES string of the molecule is C=CCC(O)(CC)CCNCc1noc(-c2ccccc2)n1. The largest absolute Gasteiger partial charge is 0.390 e. The van der Waals surface area contributed by atoms with Gasteiger partial charge in [0.05, 0.1) is 12.1 Å². The number of rotatable bonds is 9. The maximum Gasteiger partial charge on any atom is 0.257 e. The lowest BCUT2D eigenvalue weighted by molar-refractivity contribution is 0.0307. The van der Waals surface area contributed by atoms with Gasteiger partial charge in [0.15, 0.2) is 5.82 Å². The van der Waals surface area contributed by atoms with Gasteiger partial charge in [-0.2, -0.15) is 4.98 Å². The number of hydrogen-bond acceptors (Lipinski definition) is 5. The van der Waals surface area contributed by atoms with Crippen molar-refractivity contribution in [1.29, 1.82) is 0 Å². The average Bonchev–Trinajstić information content (AvgIpc) is 3.02. The maximum atomic E-state index is 10.3. The van der Waals surface area contributed by atoms with E-state index in [1.54, 1.807) is 6.08 Å². The van der Waals surface area contributed by atoms with Crippen molar-refractivity contribution in [2.75, 3.05) is 6.54 Å². The zero-order valence-corrected chi connectivity index (χ0v) is 13.0. The number of aromatic nitrogens is 2. The van der Waals surface area contributed by atoms with Gasteiger partial charge in [0.25, 0.3) is 5.89 Å². The predicted octanol–water partition coefficient (Wildman–Crippen LogP) is 2.93. The normalized spacial score (nSPS) is 13.7. The molecule has 2 N–H and O–H groups in total. The fourth-order valence-corrected chi connectivity index (χ4v) is 2.24. The zero-order chi connectivity index (χ0) is 15.8. The molecule has 1 atom stereocenters. The third kappa shape index (κ3) is 4.51. The summed E-state index contributed by atoms with van der Waals surface area (Å²) in [6.45, 7) is 6.88. The van der Waals surface area contributed by atoms with Crippen LogP contribution in [0.1, 0.15) is 32.0 Å². The minimum absolute atomic E-state index is 0.518. The molecule has 0 aliphatic carbocycles. The van der Waals surface area contributed by atoms with E-state index in [4.69, 9.17) is 4.52 Å². The van der Waals surface area contributed by atoms with Crippen LogP contribution in [-0.2, 0) is 6.54 Å². The molecule has 1 unspecified atom stereocenters. The van der Waals surface area contributed by atoms with Gasteiger partial charge < -0.3 is 14.9 Å². The minimum Gasteiger partial charge on any atom is -0.390 e. The van der Waals surface area contributed by atoms with Gasteiger partial charge in [-0.1, -0.05) is 36.4 Å². The average molecular weight is 301 g/mol. The molecule has 0 aliphatic heterocycles. The summed E-state index contributed by atoms with van der Waals surface area (Å²) in [5.41, 5.74) is 0.230. The highest BCUT2D eigenvalue weighted by molar-refractivity contribution is 5.51. The Morgan fingerprint density at radius 3 is 2.82 bits per heavy atom.